The first-order chi connectivity index (χ1) is 12.2. The normalized spacial score (nSPS) is 24.5. The van der Waals surface area contributed by atoms with Gasteiger partial charge in [0.05, 0.1) is 6.10 Å². The third kappa shape index (κ3) is 4.53. The molecule has 0 spiro atoms. The zero-order chi connectivity index (χ0) is 17.6. The minimum Gasteiger partial charge on any atom is -0.483 e. The Morgan fingerprint density at radius 2 is 2.12 bits per heavy atom. The Bertz CT molecular complexity index is 572. The number of benzene rings is 1. The first kappa shape index (κ1) is 18.2. The van der Waals surface area contributed by atoms with E-state index in [1.807, 2.05) is 23.1 Å². The highest BCUT2D eigenvalue weighted by Crippen LogP contribution is 2.29. The summed E-state index contributed by atoms with van der Waals surface area (Å²) in [7, 11) is 0. The van der Waals surface area contributed by atoms with Gasteiger partial charge >= 0.3 is 0 Å². The molecule has 5 heteroatoms. The molecule has 2 saturated heterocycles. The molecule has 1 aromatic carbocycles. The molecule has 0 saturated carbocycles. The zero-order valence-corrected chi connectivity index (χ0v) is 15.4. The van der Waals surface area contributed by atoms with E-state index in [0.29, 0.717) is 6.04 Å². The average Bonchev–Trinajstić information content (AvgIpc) is 3.30. The lowest BCUT2D eigenvalue weighted by Crippen LogP contribution is -2.37. The van der Waals surface area contributed by atoms with E-state index in [0.717, 1.165) is 56.7 Å². The van der Waals surface area contributed by atoms with E-state index in [9.17, 15) is 4.79 Å². The topological polar surface area (TPSA) is 50.8 Å². The monoisotopic (exact) mass is 346 g/mol. The number of carbonyl (C=O) groups is 1. The van der Waals surface area contributed by atoms with Gasteiger partial charge in [-0.1, -0.05) is 25.1 Å². The fraction of sp³-hybridized carbons (Fsp3) is 0.650. The van der Waals surface area contributed by atoms with Crippen LogP contribution in [0.5, 0.6) is 5.75 Å². The van der Waals surface area contributed by atoms with E-state index >= 15 is 0 Å². The van der Waals surface area contributed by atoms with Crippen LogP contribution < -0.4 is 10.1 Å². The minimum atomic E-state index is 0.0890. The first-order valence-corrected chi connectivity index (χ1v) is 9.56. The highest BCUT2D eigenvalue weighted by Gasteiger charge is 2.27. The van der Waals surface area contributed by atoms with Gasteiger partial charge in [-0.15, -0.1) is 0 Å². The molecule has 2 fully saturated rings. The third-order valence-corrected chi connectivity index (χ3v) is 5.30. The fourth-order valence-corrected chi connectivity index (χ4v) is 3.73. The Kier molecular flexibility index (Phi) is 6.32. The van der Waals surface area contributed by atoms with E-state index in [4.69, 9.17) is 9.47 Å². The van der Waals surface area contributed by atoms with Crippen molar-refractivity contribution in [2.24, 2.45) is 0 Å². The highest BCUT2D eigenvalue weighted by atomic mass is 16.5. The molecule has 2 aliphatic heterocycles. The second-order valence-corrected chi connectivity index (χ2v) is 7.01. The van der Waals surface area contributed by atoms with Crippen molar-refractivity contribution in [2.75, 3.05) is 26.3 Å². The van der Waals surface area contributed by atoms with Crippen molar-refractivity contribution in [3.05, 3.63) is 29.8 Å². The van der Waals surface area contributed by atoms with Crippen LogP contribution in [0.1, 0.15) is 51.1 Å². The Morgan fingerprint density at radius 1 is 1.36 bits per heavy atom. The number of likely N-dealkylation sites (tertiary alicyclic amines) is 1. The number of para-hydroxylation sites is 1. The summed E-state index contributed by atoms with van der Waals surface area (Å²) in [6.45, 7) is 6.96. The molecule has 25 heavy (non-hydrogen) atoms. The van der Waals surface area contributed by atoms with Crippen molar-refractivity contribution < 1.29 is 14.3 Å². The van der Waals surface area contributed by atoms with E-state index in [1.54, 1.807) is 0 Å². The molecule has 5 nitrogen and oxygen atoms in total. The molecule has 138 valence electrons. The number of rotatable bonds is 7. The molecule has 0 bridgehead atoms. The summed E-state index contributed by atoms with van der Waals surface area (Å²) < 4.78 is 11.6. The van der Waals surface area contributed by atoms with Crippen LogP contribution in [0.3, 0.4) is 0 Å². The molecule has 0 aliphatic carbocycles. The Morgan fingerprint density at radius 3 is 2.80 bits per heavy atom. The minimum absolute atomic E-state index is 0.0890. The average molecular weight is 346 g/mol. The zero-order valence-electron chi connectivity index (χ0n) is 15.4. The summed E-state index contributed by atoms with van der Waals surface area (Å²) in [5.41, 5.74) is 1.12. The molecule has 1 N–H and O–H groups in total. The maximum Gasteiger partial charge on any atom is 0.260 e. The smallest absolute Gasteiger partial charge is 0.260 e. The van der Waals surface area contributed by atoms with Crippen molar-refractivity contribution in [3.63, 3.8) is 0 Å². The Balaban J connectivity index is 1.65. The molecular weight excluding hydrogens is 316 g/mol. The number of carbonyl (C=O) groups excluding carboxylic acids is 1. The quantitative estimate of drug-likeness (QED) is 0.825. The maximum atomic E-state index is 12.3. The van der Waals surface area contributed by atoms with Crippen LogP contribution >= 0.6 is 0 Å². The molecule has 3 rings (SSSR count). The molecule has 0 radical (unpaired) electrons. The predicted molar refractivity (Wildman–Crippen MR) is 97.7 cm³/mol. The van der Waals surface area contributed by atoms with Gasteiger partial charge in [-0.25, -0.2) is 0 Å². The number of nitrogens with zero attached hydrogens (tertiary/aromatic N) is 1. The van der Waals surface area contributed by atoms with E-state index < -0.39 is 0 Å². The summed E-state index contributed by atoms with van der Waals surface area (Å²) in [6.07, 6.45) is 4.44. The van der Waals surface area contributed by atoms with Crippen molar-refractivity contribution in [1.82, 2.24) is 10.2 Å². The number of hydrogen-bond acceptors (Lipinski definition) is 4. The van der Waals surface area contributed by atoms with Crippen LogP contribution in [-0.2, 0) is 9.53 Å². The van der Waals surface area contributed by atoms with Crippen LogP contribution in [0, 0.1) is 0 Å². The fourth-order valence-electron chi connectivity index (χ4n) is 3.73. The molecule has 0 aromatic heterocycles. The lowest BCUT2D eigenvalue weighted by molar-refractivity contribution is -0.132. The van der Waals surface area contributed by atoms with Crippen molar-refractivity contribution >= 4 is 5.91 Å². The van der Waals surface area contributed by atoms with Gasteiger partial charge in [0.2, 0.25) is 0 Å². The van der Waals surface area contributed by atoms with Gasteiger partial charge in [0.25, 0.3) is 5.91 Å². The molecule has 2 heterocycles. The first-order valence-electron chi connectivity index (χ1n) is 9.56. The Labute approximate surface area is 150 Å². The summed E-state index contributed by atoms with van der Waals surface area (Å²) in [4.78, 5) is 14.2. The van der Waals surface area contributed by atoms with Crippen molar-refractivity contribution in [1.29, 1.82) is 0 Å². The molecule has 3 atom stereocenters. The van der Waals surface area contributed by atoms with Crippen molar-refractivity contribution in [2.45, 2.75) is 57.7 Å². The number of amides is 1. The van der Waals surface area contributed by atoms with Gasteiger partial charge in [-0.2, -0.15) is 0 Å². The number of nitrogens with one attached hydrogen (secondary N) is 1. The van der Waals surface area contributed by atoms with Gasteiger partial charge in [-0.3, -0.25) is 4.79 Å². The van der Waals surface area contributed by atoms with Gasteiger partial charge < -0.3 is 19.7 Å². The lowest BCUT2D eigenvalue weighted by Gasteiger charge is -2.26. The van der Waals surface area contributed by atoms with Crippen LogP contribution in [0.15, 0.2) is 24.3 Å². The Hall–Kier alpha value is -1.59. The van der Waals surface area contributed by atoms with Crippen molar-refractivity contribution in [3.8, 4) is 5.75 Å². The second kappa shape index (κ2) is 8.68. The summed E-state index contributed by atoms with van der Waals surface area (Å²) in [5.74, 6) is 0.895. The largest absolute Gasteiger partial charge is 0.483 e. The summed E-state index contributed by atoms with van der Waals surface area (Å²) >= 11 is 0. The lowest BCUT2D eigenvalue weighted by atomic mass is 10.0. The SMILES string of the molecule is CC[C@H](N[C@@H]1CCO[C@H]1C)c1ccccc1OCC(=O)N1CCCC1. The molecular formula is C20H30N2O3. The summed E-state index contributed by atoms with van der Waals surface area (Å²) in [5, 5.41) is 3.71. The van der Waals surface area contributed by atoms with Crippen LogP contribution in [0.4, 0.5) is 0 Å². The predicted octanol–water partition coefficient (Wildman–Crippen LogP) is 2.91. The van der Waals surface area contributed by atoms with Gasteiger partial charge in [0.1, 0.15) is 5.75 Å². The van der Waals surface area contributed by atoms with Crippen LogP contribution in [0.25, 0.3) is 0 Å². The van der Waals surface area contributed by atoms with Crippen LogP contribution in [-0.4, -0.2) is 49.3 Å². The van der Waals surface area contributed by atoms with Gasteiger partial charge in [0, 0.05) is 37.3 Å². The summed E-state index contributed by atoms with van der Waals surface area (Å²) in [6, 6.07) is 8.62. The van der Waals surface area contributed by atoms with Gasteiger partial charge in [0.15, 0.2) is 6.61 Å². The third-order valence-electron chi connectivity index (χ3n) is 5.30. The van der Waals surface area contributed by atoms with Crippen LogP contribution in [0.2, 0.25) is 0 Å². The molecule has 0 unspecified atom stereocenters. The van der Waals surface area contributed by atoms with E-state index in [1.165, 1.54) is 0 Å². The van der Waals surface area contributed by atoms with Gasteiger partial charge in [-0.05, 0) is 38.7 Å². The maximum absolute atomic E-state index is 12.3. The number of ether oxygens (including phenoxy) is 2. The second-order valence-electron chi connectivity index (χ2n) is 7.01. The molecule has 2 aliphatic rings. The van der Waals surface area contributed by atoms with E-state index in [2.05, 4.69) is 25.2 Å². The molecule has 1 amide bonds. The van der Waals surface area contributed by atoms with E-state index in [-0.39, 0.29) is 24.7 Å². The molecule has 1 aromatic rings. The number of hydrogen-bond donors (Lipinski definition) is 1. The highest BCUT2D eigenvalue weighted by molar-refractivity contribution is 5.78. The standard InChI is InChI=1S/C20H30N2O3/c1-3-17(21-18-10-13-24-15(18)2)16-8-4-5-9-19(16)25-14-20(23)22-11-6-7-12-22/h4-5,8-9,15,17-18,21H,3,6-7,10-14H2,1-2H3/t15-,17-,18+/m0/s1.